The topological polar surface area (TPSA) is 81.7 Å². The Kier molecular flexibility index (Phi) is 7.12. The number of halogens is 1. The minimum absolute atomic E-state index is 0.0270. The second-order valence-corrected chi connectivity index (χ2v) is 7.83. The smallest absolute Gasteiger partial charge is 0.241 e. The number of aromatic hydroxyl groups is 1. The average Bonchev–Trinajstić information content (AvgIpc) is 2.70. The molecule has 0 aliphatic carbocycles. The van der Waals surface area contributed by atoms with Gasteiger partial charge in [-0.05, 0) is 55.7 Å². The summed E-state index contributed by atoms with van der Waals surface area (Å²) in [4.78, 5) is 26.9. The lowest BCUT2D eigenvalue weighted by Crippen LogP contribution is -2.50. The van der Waals surface area contributed by atoms with E-state index in [1.165, 1.54) is 0 Å². The molecule has 0 aromatic heterocycles. The maximum absolute atomic E-state index is 12.5. The van der Waals surface area contributed by atoms with Crippen LogP contribution in [0.15, 0.2) is 48.5 Å². The molecular formula is C22H26ClN3O3. The Hall–Kier alpha value is -2.57. The van der Waals surface area contributed by atoms with E-state index < -0.39 is 0 Å². The van der Waals surface area contributed by atoms with E-state index in [4.69, 9.17) is 11.6 Å². The molecule has 1 heterocycles. The molecule has 1 fully saturated rings. The fourth-order valence-corrected chi connectivity index (χ4v) is 3.68. The molecule has 0 bridgehead atoms. The van der Waals surface area contributed by atoms with E-state index in [2.05, 4.69) is 15.5 Å². The highest BCUT2D eigenvalue weighted by Crippen LogP contribution is 2.18. The molecule has 1 unspecified atom stereocenters. The number of hydrogen-bond acceptors (Lipinski definition) is 4. The van der Waals surface area contributed by atoms with Crippen molar-refractivity contribution in [2.75, 3.05) is 18.4 Å². The number of benzene rings is 2. The molecular weight excluding hydrogens is 390 g/mol. The molecule has 1 aliphatic heterocycles. The third-order valence-corrected chi connectivity index (χ3v) is 5.45. The monoisotopic (exact) mass is 415 g/mol. The third-order valence-electron chi connectivity index (χ3n) is 5.22. The highest BCUT2D eigenvalue weighted by atomic mass is 35.5. The first-order valence-electron chi connectivity index (χ1n) is 9.78. The fraction of sp³-hybridized carbons (Fsp3) is 0.364. The summed E-state index contributed by atoms with van der Waals surface area (Å²) in [6, 6.07) is 13.6. The summed E-state index contributed by atoms with van der Waals surface area (Å²) in [6.45, 7) is 3.38. The van der Waals surface area contributed by atoms with Gasteiger partial charge in [-0.25, -0.2) is 0 Å². The van der Waals surface area contributed by atoms with Gasteiger partial charge in [0.05, 0.1) is 12.5 Å². The second-order valence-electron chi connectivity index (χ2n) is 7.40. The normalized spacial score (nSPS) is 16.2. The fourth-order valence-electron chi connectivity index (χ4n) is 3.49. The number of hydrogen-bond donors (Lipinski definition) is 3. The average molecular weight is 416 g/mol. The van der Waals surface area contributed by atoms with Crippen LogP contribution in [0.3, 0.4) is 0 Å². The lowest BCUT2D eigenvalue weighted by molar-refractivity contribution is -0.123. The van der Waals surface area contributed by atoms with E-state index in [-0.39, 0.29) is 29.6 Å². The van der Waals surface area contributed by atoms with Crippen molar-refractivity contribution in [2.45, 2.75) is 38.3 Å². The van der Waals surface area contributed by atoms with Gasteiger partial charge >= 0.3 is 0 Å². The van der Waals surface area contributed by atoms with Crippen LogP contribution in [0.25, 0.3) is 0 Å². The van der Waals surface area contributed by atoms with Crippen LogP contribution in [0.1, 0.15) is 25.3 Å². The summed E-state index contributed by atoms with van der Waals surface area (Å²) in [5, 5.41) is 15.9. The lowest BCUT2D eigenvalue weighted by atomic mass is 10.0. The molecule has 2 aromatic rings. The number of rotatable bonds is 6. The number of nitrogens with one attached hydrogen (secondary N) is 2. The Bertz CT molecular complexity index is 849. The highest BCUT2D eigenvalue weighted by Gasteiger charge is 2.27. The van der Waals surface area contributed by atoms with Gasteiger partial charge in [0.2, 0.25) is 11.8 Å². The number of carbonyl (C=O) groups excluding carboxylic acids is 2. The van der Waals surface area contributed by atoms with Gasteiger partial charge < -0.3 is 15.7 Å². The Labute approximate surface area is 175 Å². The van der Waals surface area contributed by atoms with E-state index >= 15 is 0 Å². The summed E-state index contributed by atoms with van der Waals surface area (Å²) in [6.07, 6.45) is 1.89. The molecule has 3 N–H and O–H groups in total. The highest BCUT2D eigenvalue weighted by molar-refractivity contribution is 6.30. The molecule has 1 atom stereocenters. The summed E-state index contributed by atoms with van der Waals surface area (Å²) in [5.74, 6) is 0.0954. The lowest BCUT2D eigenvalue weighted by Gasteiger charge is -2.35. The van der Waals surface area contributed by atoms with Crippen molar-refractivity contribution in [3.05, 3.63) is 59.1 Å². The predicted octanol–water partition coefficient (Wildman–Crippen LogP) is 3.20. The number of phenolic OH excluding ortho intramolecular Hbond substituents is 1. The van der Waals surface area contributed by atoms with Gasteiger partial charge in [0.15, 0.2) is 0 Å². The van der Waals surface area contributed by atoms with E-state index in [0.29, 0.717) is 17.1 Å². The van der Waals surface area contributed by atoms with Crippen LogP contribution in [0.2, 0.25) is 5.02 Å². The molecule has 1 aliphatic rings. The zero-order valence-electron chi connectivity index (χ0n) is 16.4. The minimum Gasteiger partial charge on any atom is -0.508 e. The molecule has 6 nitrogen and oxygen atoms in total. The van der Waals surface area contributed by atoms with Gasteiger partial charge in [0, 0.05) is 29.8 Å². The summed E-state index contributed by atoms with van der Waals surface area (Å²) in [5.41, 5.74) is 1.55. The quantitative estimate of drug-likeness (QED) is 0.676. The van der Waals surface area contributed by atoms with Gasteiger partial charge in [-0.15, -0.1) is 0 Å². The van der Waals surface area contributed by atoms with Gasteiger partial charge in [0.1, 0.15) is 5.75 Å². The zero-order chi connectivity index (χ0) is 20.8. The SMILES string of the molecule is CC(C(=O)Nc1cccc(Cl)c1)N1CCC(NC(=O)Cc2ccc(O)cc2)CC1. The molecule has 3 rings (SSSR count). The standard InChI is InChI=1S/C22H26ClN3O3/c1-15(22(29)25-19-4-2-3-17(23)14-19)26-11-9-18(10-12-26)24-21(28)13-16-5-7-20(27)8-6-16/h2-8,14-15,18,27H,9-13H2,1H3,(H,24,28)(H,25,29). The number of amides is 2. The van der Waals surface area contributed by atoms with Crippen molar-refractivity contribution in [2.24, 2.45) is 0 Å². The Morgan fingerprint density at radius 2 is 1.86 bits per heavy atom. The van der Waals surface area contributed by atoms with E-state index in [0.717, 1.165) is 31.5 Å². The van der Waals surface area contributed by atoms with E-state index in [1.807, 2.05) is 13.0 Å². The summed E-state index contributed by atoms with van der Waals surface area (Å²) < 4.78 is 0. The number of phenols is 1. The number of likely N-dealkylation sites (tertiary alicyclic amines) is 1. The van der Waals surface area contributed by atoms with Crippen molar-refractivity contribution >= 4 is 29.1 Å². The number of piperidine rings is 1. The minimum atomic E-state index is -0.261. The van der Waals surface area contributed by atoms with E-state index in [9.17, 15) is 14.7 Å². The van der Waals surface area contributed by atoms with Gasteiger partial charge in [-0.1, -0.05) is 29.8 Å². The third kappa shape index (κ3) is 6.21. The van der Waals surface area contributed by atoms with Gasteiger partial charge in [-0.2, -0.15) is 0 Å². The van der Waals surface area contributed by atoms with Crippen LogP contribution in [0, 0.1) is 0 Å². The number of anilines is 1. The van der Waals surface area contributed by atoms with Crippen LogP contribution >= 0.6 is 11.6 Å². The van der Waals surface area contributed by atoms with Crippen LogP contribution in [-0.2, 0) is 16.0 Å². The first-order valence-corrected chi connectivity index (χ1v) is 10.2. The molecule has 0 radical (unpaired) electrons. The van der Waals surface area contributed by atoms with Crippen molar-refractivity contribution < 1.29 is 14.7 Å². The summed E-state index contributed by atoms with van der Waals surface area (Å²) >= 11 is 5.96. The molecule has 2 aromatic carbocycles. The first kappa shape index (κ1) is 21.1. The van der Waals surface area contributed by atoms with E-state index in [1.54, 1.807) is 42.5 Å². The maximum atomic E-state index is 12.5. The molecule has 0 spiro atoms. The van der Waals surface area contributed by atoms with Gasteiger partial charge in [-0.3, -0.25) is 14.5 Å². The van der Waals surface area contributed by atoms with Crippen LogP contribution < -0.4 is 10.6 Å². The molecule has 2 amide bonds. The Morgan fingerprint density at radius 1 is 1.17 bits per heavy atom. The molecule has 1 saturated heterocycles. The zero-order valence-corrected chi connectivity index (χ0v) is 17.2. The summed E-state index contributed by atoms with van der Waals surface area (Å²) in [7, 11) is 0. The molecule has 154 valence electrons. The predicted molar refractivity (Wildman–Crippen MR) is 114 cm³/mol. The molecule has 7 heteroatoms. The van der Waals surface area contributed by atoms with Crippen LogP contribution in [0.5, 0.6) is 5.75 Å². The molecule has 29 heavy (non-hydrogen) atoms. The molecule has 0 saturated carbocycles. The van der Waals surface area contributed by atoms with Crippen molar-refractivity contribution in [1.29, 1.82) is 0 Å². The Morgan fingerprint density at radius 3 is 2.52 bits per heavy atom. The van der Waals surface area contributed by atoms with Crippen LogP contribution in [-0.4, -0.2) is 47.0 Å². The van der Waals surface area contributed by atoms with Crippen molar-refractivity contribution in [1.82, 2.24) is 10.2 Å². The first-order chi connectivity index (χ1) is 13.9. The Balaban J connectivity index is 1.43. The number of nitrogens with zero attached hydrogens (tertiary/aromatic N) is 1. The maximum Gasteiger partial charge on any atom is 0.241 e. The van der Waals surface area contributed by atoms with Crippen LogP contribution in [0.4, 0.5) is 5.69 Å². The van der Waals surface area contributed by atoms with Gasteiger partial charge in [0.25, 0.3) is 0 Å². The second kappa shape index (κ2) is 9.76. The van der Waals surface area contributed by atoms with Crippen molar-refractivity contribution in [3.63, 3.8) is 0 Å². The number of carbonyl (C=O) groups is 2. The van der Waals surface area contributed by atoms with Crippen molar-refractivity contribution in [3.8, 4) is 5.75 Å². The largest absolute Gasteiger partial charge is 0.508 e.